The van der Waals surface area contributed by atoms with Crippen LogP contribution in [0.25, 0.3) is 0 Å². The quantitative estimate of drug-likeness (QED) is 0.580. The Labute approximate surface area is 106 Å². The van der Waals surface area contributed by atoms with E-state index in [0.29, 0.717) is 6.61 Å². The minimum atomic E-state index is -2.29. The van der Waals surface area contributed by atoms with Gasteiger partial charge in [0.25, 0.3) is 6.69 Å². The second-order valence-electron chi connectivity index (χ2n) is 4.50. The number of ether oxygens (including phenoxy) is 2. The molecule has 0 aromatic heterocycles. The summed E-state index contributed by atoms with van der Waals surface area (Å²) in [7, 11) is 0. The first-order valence-electron chi connectivity index (χ1n) is 5.12. The van der Waals surface area contributed by atoms with Crippen molar-refractivity contribution < 1.29 is 9.47 Å². The third-order valence-corrected chi connectivity index (χ3v) is 5.13. The Kier molecular flexibility index (Phi) is 2.99. The van der Waals surface area contributed by atoms with Gasteiger partial charge in [0.2, 0.25) is 5.79 Å². The predicted octanol–water partition coefficient (Wildman–Crippen LogP) is 3.09. The van der Waals surface area contributed by atoms with E-state index in [9.17, 15) is 0 Å². The predicted molar refractivity (Wildman–Crippen MR) is 68.9 cm³/mol. The molecule has 0 bridgehead atoms. The van der Waals surface area contributed by atoms with E-state index in [4.69, 9.17) is 31.6 Å². The van der Waals surface area contributed by atoms with Crippen LogP contribution < -0.4 is 9.92 Å². The Bertz CT molecular complexity index is 413. The average Bonchev–Trinajstić information content (AvgIpc) is 2.14. The maximum absolute atomic E-state index is 6.18. The minimum Gasteiger partial charge on any atom is -0.463 e. The molecule has 2 rings (SSSR count). The molecular formula is C11H14Cl2O2Si. The molecule has 0 saturated heterocycles. The molecule has 0 spiro atoms. The monoisotopic (exact) mass is 276 g/mol. The number of benzene rings is 1. The number of fused-ring (bicyclic) bond motifs is 1. The fourth-order valence-corrected chi connectivity index (χ4v) is 3.12. The summed E-state index contributed by atoms with van der Waals surface area (Å²) in [4.78, 5) is 0. The zero-order valence-corrected chi connectivity index (χ0v) is 12.0. The summed E-state index contributed by atoms with van der Waals surface area (Å²) in [6, 6.07) is 5.84. The van der Waals surface area contributed by atoms with Crippen LogP contribution in [0.2, 0.25) is 6.55 Å². The van der Waals surface area contributed by atoms with E-state index >= 15 is 0 Å². The Morgan fingerprint density at radius 3 is 2.62 bits per heavy atom. The summed E-state index contributed by atoms with van der Waals surface area (Å²) in [5.41, 5.74) is 1.01. The summed E-state index contributed by atoms with van der Waals surface area (Å²) in [5, 5.41) is 0.987. The number of rotatable bonds is 1. The van der Waals surface area contributed by atoms with Crippen LogP contribution in [0.1, 0.15) is 19.4 Å². The van der Waals surface area contributed by atoms with Crippen molar-refractivity contribution in [2.24, 2.45) is 0 Å². The van der Waals surface area contributed by atoms with Crippen molar-refractivity contribution in [1.82, 2.24) is 0 Å². The highest BCUT2D eigenvalue weighted by molar-refractivity contribution is 7.50. The molecule has 0 N–H and O–H groups in total. The van der Waals surface area contributed by atoms with Crippen molar-refractivity contribution in [2.75, 3.05) is 0 Å². The van der Waals surface area contributed by atoms with E-state index < -0.39 is 12.5 Å². The molecule has 1 aliphatic heterocycles. The molecule has 1 aromatic rings. The van der Waals surface area contributed by atoms with Gasteiger partial charge in [0.05, 0.1) is 6.61 Å². The van der Waals surface area contributed by atoms with Crippen LogP contribution in [0.15, 0.2) is 18.2 Å². The van der Waals surface area contributed by atoms with Crippen molar-refractivity contribution >= 4 is 34.0 Å². The molecule has 0 radical (unpaired) electrons. The van der Waals surface area contributed by atoms with Gasteiger partial charge in [-0.1, -0.05) is 12.1 Å². The van der Waals surface area contributed by atoms with Gasteiger partial charge in [-0.15, -0.1) is 22.2 Å². The van der Waals surface area contributed by atoms with Crippen molar-refractivity contribution in [3.05, 3.63) is 23.8 Å². The first kappa shape index (κ1) is 12.2. The second kappa shape index (κ2) is 3.91. The molecule has 2 nitrogen and oxygen atoms in total. The first-order valence-corrected chi connectivity index (χ1v) is 9.64. The number of halogens is 2. The normalized spacial score (nSPS) is 18.8. The molecule has 0 fully saturated rings. The molecule has 88 valence electrons. The largest absolute Gasteiger partial charge is 0.463 e. The molecule has 1 aromatic carbocycles. The van der Waals surface area contributed by atoms with Crippen molar-refractivity contribution in [3.8, 4) is 5.75 Å². The summed E-state index contributed by atoms with van der Waals surface area (Å²) in [6.45, 7) is 3.91. The van der Waals surface area contributed by atoms with Crippen LogP contribution in [0.3, 0.4) is 0 Å². The van der Waals surface area contributed by atoms with E-state index in [0.717, 1.165) is 16.5 Å². The lowest BCUT2D eigenvalue weighted by Crippen LogP contribution is -2.37. The Morgan fingerprint density at radius 1 is 1.31 bits per heavy atom. The molecule has 5 heteroatoms. The van der Waals surface area contributed by atoms with E-state index in [1.807, 2.05) is 38.6 Å². The van der Waals surface area contributed by atoms with Crippen LogP contribution in [0, 0.1) is 0 Å². The van der Waals surface area contributed by atoms with Crippen LogP contribution >= 0.6 is 22.2 Å². The van der Waals surface area contributed by atoms with Crippen LogP contribution in [-0.2, 0) is 11.3 Å². The van der Waals surface area contributed by atoms with Gasteiger partial charge in [0.1, 0.15) is 5.75 Å². The van der Waals surface area contributed by atoms with Gasteiger partial charge in [-0.05, 0) is 17.8 Å². The van der Waals surface area contributed by atoms with E-state index in [2.05, 4.69) is 0 Å². The second-order valence-corrected chi connectivity index (χ2v) is 12.0. The zero-order chi connectivity index (χ0) is 12.0. The van der Waals surface area contributed by atoms with Gasteiger partial charge in [0, 0.05) is 19.4 Å². The Hall–Kier alpha value is -0.223. The van der Waals surface area contributed by atoms with Gasteiger partial charge in [-0.2, -0.15) is 0 Å². The van der Waals surface area contributed by atoms with E-state index in [-0.39, 0.29) is 0 Å². The SMILES string of the molecule is CC1(C)OCc2cc([Si](C)(Cl)Cl)ccc2O1. The minimum absolute atomic E-state index is 0.536. The van der Waals surface area contributed by atoms with Crippen molar-refractivity contribution in [2.45, 2.75) is 32.8 Å². The third kappa shape index (κ3) is 2.54. The number of hydrogen-bond acceptors (Lipinski definition) is 2. The average molecular weight is 277 g/mol. The van der Waals surface area contributed by atoms with Gasteiger partial charge in [-0.3, -0.25) is 0 Å². The smallest absolute Gasteiger partial charge is 0.277 e. The third-order valence-electron chi connectivity index (χ3n) is 2.50. The van der Waals surface area contributed by atoms with E-state index in [1.165, 1.54) is 0 Å². The molecule has 1 heterocycles. The topological polar surface area (TPSA) is 18.5 Å². The highest BCUT2D eigenvalue weighted by Gasteiger charge is 2.30. The van der Waals surface area contributed by atoms with Gasteiger partial charge >= 0.3 is 0 Å². The van der Waals surface area contributed by atoms with Gasteiger partial charge < -0.3 is 9.47 Å². The lowest BCUT2D eigenvalue weighted by Gasteiger charge is -2.33. The standard InChI is InChI=1S/C11H14Cl2O2Si/c1-11(2)14-7-8-6-9(16(3,12)13)4-5-10(8)15-11/h4-6H,7H2,1-3H3. The molecule has 0 aliphatic carbocycles. The highest BCUT2D eigenvalue weighted by Crippen LogP contribution is 2.31. The fourth-order valence-electron chi connectivity index (χ4n) is 1.61. The fraction of sp³-hybridized carbons (Fsp3) is 0.455. The number of hydrogen-bond donors (Lipinski definition) is 0. The molecule has 0 unspecified atom stereocenters. The maximum Gasteiger partial charge on any atom is 0.277 e. The molecule has 0 amide bonds. The molecule has 1 aliphatic rings. The molecule has 0 saturated carbocycles. The highest BCUT2D eigenvalue weighted by atomic mass is 35.7. The molecule has 16 heavy (non-hydrogen) atoms. The van der Waals surface area contributed by atoms with Crippen LogP contribution in [0.4, 0.5) is 0 Å². The summed E-state index contributed by atoms with van der Waals surface area (Å²) >= 11 is 12.4. The summed E-state index contributed by atoms with van der Waals surface area (Å²) in [5.74, 6) is 0.295. The van der Waals surface area contributed by atoms with E-state index in [1.54, 1.807) is 0 Å². The van der Waals surface area contributed by atoms with Gasteiger partial charge in [0.15, 0.2) is 0 Å². The lowest BCUT2D eigenvalue weighted by molar-refractivity contribution is -0.180. The van der Waals surface area contributed by atoms with Crippen molar-refractivity contribution in [3.63, 3.8) is 0 Å². The van der Waals surface area contributed by atoms with Crippen molar-refractivity contribution in [1.29, 1.82) is 0 Å². The summed E-state index contributed by atoms with van der Waals surface area (Å²) in [6.07, 6.45) is 0. The van der Waals surface area contributed by atoms with Crippen LogP contribution in [0.5, 0.6) is 5.75 Å². The summed E-state index contributed by atoms with van der Waals surface area (Å²) < 4.78 is 11.3. The van der Waals surface area contributed by atoms with Crippen LogP contribution in [-0.4, -0.2) is 12.5 Å². The first-order chi connectivity index (χ1) is 7.28. The lowest BCUT2D eigenvalue weighted by atomic mass is 10.2. The Morgan fingerprint density at radius 2 is 2.00 bits per heavy atom. The zero-order valence-electron chi connectivity index (χ0n) is 9.51. The Balaban J connectivity index is 2.36. The van der Waals surface area contributed by atoms with Gasteiger partial charge in [-0.25, -0.2) is 0 Å². The molecular weight excluding hydrogens is 263 g/mol. The molecule has 0 atom stereocenters. The maximum atomic E-state index is 6.18.